The number of nitrogen functional groups attached to an aromatic ring is 1. The minimum atomic E-state index is -3.54. The summed E-state index contributed by atoms with van der Waals surface area (Å²) < 4.78 is 23.7. The van der Waals surface area contributed by atoms with Crippen molar-refractivity contribution in [3.63, 3.8) is 0 Å². The first-order valence-electron chi connectivity index (χ1n) is 5.99. The monoisotopic (exact) mass is 345 g/mol. The smallest absolute Gasteiger partial charge is 0.261 e. The van der Waals surface area contributed by atoms with Gasteiger partial charge in [0, 0.05) is 17.7 Å². The highest BCUT2D eigenvalue weighted by molar-refractivity contribution is 7.91. The Hall–Kier alpha value is -1.58. The lowest BCUT2D eigenvalue weighted by atomic mass is 10.3. The molecule has 0 aromatic carbocycles. The van der Waals surface area contributed by atoms with Crippen LogP contribution in [0.4, 0.5) is 10.7 Å². The number of carbonyl (C=O) groups is 1. The Bertz CT molecular complexity index is 748. The Morgan fingerprint density at radius 2 is 2.14 bits per heavy atom. The van der Waals surface area contributed by atoms with Gasteiger partial charge in [0.25, 0.3) is 5.91 Å². The van der Waals surface area contributed by atoms with Crippen molar-refractivity contribution in [2.75, 3.05) is 23.9 Å². The van der Waals surface area contributed by atoms with Gasteiger partial charge < -0.3 is 16.8 Å². The highest BCUT2D eigenvalue weighted by Crippen LogP contribution is 2.38. The molecule has 0 radical (unpaired) electrons. The van der Waals surface area contributed by atoms with Gasteiger partial charge in [-0.3, -0.25) is 4.79 Å². The molecule has 0 unspecified atom stereocenters. The van der Waals surface area contributed by atoms with Crippen LogP contribution in [0.1, 0.15) is 14.5 Å². The summed E-state index contributed by atoms with van der Waals surface area (Å²) in [5, 5.41) is 5.37. The van der Waals surface area contributed by atoms with E-state index < -0.39 is 15.7 Å². The van der Waals surface area contributed by atoms with Gasteiger partial charge in [0.15, 0.2) is 9.84 Å². The highest BCUT2D eigenvalue weighted by Gasteiger charge is 2.25. The molecule has 0 aliphatic heterocycles. The van der Waals surface area contributed by atoms with E-state index in [-0.39, 0.29) is 15.5 Å². The lowest BCUT2D eigenvalue weighted by Crippen LogP contribution is -2.12. The lowest BCUT2D eigenvalue weighted by molar-refractivity contribution is 0.100. The standard InChI is InChI=1S/C12H15N3O3S3/c1-21(17,18)10-8(13)9(11(14)16)20-12(10)15-5-4-7-3-2-6-19-7/h2-3,6,15H,4-5,13H2,1H3,(H2,14,16). The van der Waals surface area contributed by atoms with E-state index in [9.17, 15) is 13.2 Å². The number of thiophene rings is 2. The molecule has 0 bridgehead atoms. The van der Waals surface area contributed by atoms with Crippen LogP contribution in [0, 0.1) is 0 Å². The summed E-state index contributed by atoms with van der Waals surface area (Å²) in [6.45, 7) is 0.543. The number of hydrogen-bond donors (Lipinski definition) is 3. The van der Waals surface area contributed by atoms with E-state index in [1.807, 2.05) is 17.5 Å². The maximum Gasteiger partial charge on any atom is 0.261 e. The second-order valence-electron chi connectivity index (χ2n) is 4.40. The van der Waals surface area contributed by atoms with E-state index in [2.05, 4.69) is 5.32 Å². The number of amides is 1. The molecule has 21 heavy (non-hydrogen) atoms. The van der Waals surface area contributed by atoms with Crippen LogP contribution < -0.4 is 16.8 Å². The Kier molecular flexibility index (Phi) is 4.55. The summed E-state index contributed by atoms with van der Waals surface area (Å²) in [4.78, 5) is 12.5. The molecule has 114 valence electrons. The van der Waals surface area contributed by atoms with Crippen molar-refractivity contribution in [3.05, 3.63) is 27.3 Å². The van der Waals surface area contributed by atoms with E-state index in [1.54, 1.807) is 11.3 Å². The molecular formula is C12H15N3O3S3. The summed E-state index contributed by atoms with van der Waals surface area (Å²) in [6.07, 6.45) is 1.81. The quantitative estimate of drug-likeness (QED) is 0.734. The van der Waals surface area contributed by atoms with E-state index in [0.29, 0.717) is 11.5 Å². The third-order valence-corrected chi connectivity index (χ3v) is 6.14. The fourth-order valence-electron chi connectivity index (χ4n) is 1.85. The van der Waals surface area contributed by atoms with E-state index in [0.717, 1.165) is 24.0 Å². The molecule has 5 N–H and O–H groups in total. The van der Waals surface area contributed by atoms with Gasteiger partial charge in [0.05, 0.1) is 5.69 Å². The topological polar surface area (TPSA) is 115 Å². The molecule has 0 atom stereocenters. The van der Waals surface area contributed by atoms with Gasteiger partial charge >= 0.3 is 0 Å². The minimum Gasteiger partial charge on any atom is -0.396 e. The Balaban J connectivity index is 2.25. The van der Waals surface area contributed by atoms with Crippen molar-refractivity contribution >= 4 is 49.1 Å². The molecule has 2 heterocycles. The zero-order valence-electron chi connectivity index (χ0n) is 11.3. The summed E-state index contributed by atoms with van der Waals surface area (Å²) >= 11 is 2.60. The van der Waals surface area contributed by atoms with Crippen LogP contribution in [0.15, 0.2) is 22.4 Å². The summed E-state index contributed by atoms with van der Waals surface area (Å²) in [5.74, 6) is -0.728. The molecule has 0 aliphatic carbocycles. The molecule has 0 saturated carbocycles. The minimum absolute atomic E-state index is 0.0486. The Morgan fingerprint density at radius 3 is 2.67 bits per heavy atom. The van der Waals surface area contributed by atoms with Crippen molar-refractivity contribution in [3.8, 4) is 0 Å². The average molecular weight is 345 g/mol. The first-order valence-corrected chi connectivity index (χ1v) is 9.58. The highest BCUT2D eigenvalue weighted by atomic mass is 32.2. The molecule has 0 saturated heterocycles. The number of nitrogens with two attached hydrogens (primary N) is 2. The Morgan fingerprint density at radius 1 is 1.43 bits per heavy atom. The lowest BCUT2D eigenvalue weighted by Gasteiger charge is -2.06. The van der Waals surface area contributed by atoms with Crippen LogP contribution >= 0.6 is 22.7 Å². The van der Waals surface area contributed by atoms with Crippen LogP contribution in [0.3, 0.4) is 0 Å². The first-order chi connectivity index (χ1) is 9.80. The van der Waals surface area contributed by atoms with Gasteiger partial charge in [-0.1, -0.05) is 6.07 Å². The van der Waals surface area contributed by atoms with Crippen molar-refractivity contribution in [2.24, 2.45) is 5.73 Å². The molecule has 2 aromatic rings. The third kappa shape index (κ3) is 3.55. The van der Waals surface area contributed by atoms with Crippen LogP contribution in [0.25, 0.3) is 0 Å². The summed E-state index contributed by atoms with van der Waals surface area (Å²) in [5.41, 5.74) is 10.9. The number of primary amides is 1. The molecule has 2 rings (SSSR count). The van der Waals surface area contributed by atoms with Crippen LogP contribution in [0.5, 0.6) is 0 Å². The normalized spacial score (nSPS) is 11.5. The molecule has 2 aromatic heterocycles. The molecular weight excluding hydrogens is 330 g/mol. The number of sulfone groups is 1. The van der Waals surface area contributed by atoms with Gasteiger partial charge in [-0.25, -0.2) is 8.42 Å². The predicted octanol–water partition coefficient (Wildman–Crippen LogP) is 1.55. The number of hydrogen-bond acceptors (Lipinski definition) is 7. The number of carbonyl (C=O) groups excluding carboxylic acids is 1. The predicted molar refractivity (Wildman–Crippen MR) is 86.9 cm³/mol. The second kappa shape index (κ2) is 6.04. The van der Waals surface area contributed by atoms with Crippen LogP contribution in [-0.2, 0) is 16.3 Å². The van der Waals surface area contributed by atoms with E-state index in [4.69, 9.17) is 11.5 Å². The van der Waals surface area contributed by atoms with Gasteiger partial charge in [0.2, 0.25) is 0 Å². The van der Waals surface area contributed by atoms with Gasteiger partial charge in [-0.15, -0.1) is 22.7 Å². The third-order valence-electron chi connectivity index (χ3n) is 2.73. The molecule has 9 heteroatoms. The number of rotatable bonds is 6. The molecule has 1 amide bonds. The summed E-state index contributed by atoms with van der Waals surface area (Å²) in [7, 11) is -3.54. The van der Waals surface area contributed by atoms with Gasteiger partial charge in [-0.2, -0.15) is 0 Å². The maximum absolute atomic E-state index is 11.8. The number of anilines is 2. The van der Waals surface area contributed by atoms with Gasteiger partial charge in [0.1, 0.15) is 14.8 Å². The van der Waals surface area contributed by atoms with Crippen molar-refractivity contribution in [1.29, 1.82) is 0 Å². The Labute approximate surface area is 130 Å². The molecule has 6 nitrogen and oxygen atoms in total. The summed E-state index contributed by atoms with van der Waals surface area (Å²) in [6, 6.07) is 3.96. The van der Waals surface area contributed by atoms with Crippen LogP contribution in [-0.4, -0.2) is 27.1 Å². The van der Waals surface area contributed by atoms with Crippen molar-refractivity contribution in [2.45, 2.75) is 11.3 Å². The fourth-order valence-corrected chi connectivity index (χ4v) is 5.01. The molecule has 0 aliphatic rings. The van der Waals surface area contributed by atoms with E-state index >= 15 is 0 Å². The molecule has 0 fully saturated rings. The second-order valence-corrected chi connectivity index (χ2v) is 8.40. The first kappa shape index (κ1) is 15.8. The average Bonchev–Trinajstić information content (AvgIpc) is 2.96. The van der Waals surface area contributed by atoms with Gasteiger partial charge in [-0.05, 0) is 17.9 Å². The largest absolute Gasteiger partial charge is 0.396 e. The fraction of sp³-hybridized carbons (Fsp3) is 0.250. The maximum atomic E-state index is 11.8. The van der Waals surface area contributed by atoms with Crippen molar-refractivity contribution < 1.29 is 13.2 Å². The zero-order chi connectivity index (χ0) is 15.6. The van der Waals surface area contributed by atoms with E-state index in [1.165, 1.54) is 4.88 Å². The molecule has 0 spiro atoms. The zero-order valence-corrected chi connectivity index (χ0v) is 13.7. The van der Waals surface area contributed by atoms with Crippen LogP contribution in [0.2, 0.25) is 0 Å². The van der Waals surface area contributed by atoms with Crippen molar-refractivity contribution in [1.82, 2.24) is 0 Å². The SMILES string of the molecule is CS(=O)(=O)c1c(NCCc2cccs2)sc(C(N)=O)c1N. The number of nitrogens with one attached hydrogen (secondary N) is 1.